The zero-order valence-corrected chi connectivity index (χ0v) is 12.6. The van der Waals surface area contributed by atoms with Crippen LogP contribution in [0.15, 0.2) is 40.2 Å². The molecule has 2 aromatic rings. The number of piperidine rings is 1. The average molecular weight is 305 g/mol. The van der Waals surface area contributed by atoms with Gasteiger partial charge in [0.25, 0.3) is 0 Å². The molecule has 0 saturated carbocycles. The molecule has 1 fully saturated rings. The summed E-state index contributed by atoms with van der Waals surface area (Å²) in [6, 6.07) is 10.1. The first-order valence-corrected chi connectivity index (χ1v) is 8.34. The van der Waals surface area contributed by atoms with E-state index in [2.05, 4.69) is 22.3 Å². The van der Waals surface area contributed by atoms with E-state index in [1.807, 2.05) is 23.1 Å². The van der Waals surface area contributed by atoms with E-state index >= 15 is 0 Å². The molecule has 0 bridgehead atoms. The molecule has 0 spiro atoms. The van der Waals surface area contributed by atoms with E-state index in [1.165, 1.54) is 16.9 Å². The second-order valence-corrected chi connectivity index (χ2v) is 6.98. The molecular weight excluding hydrogens is 290 g/mol. The summed E-state index contributed by atoms with van der Waals surface area (Å²) in [5, 5.41) is 7.82. The summed E-state index contributed by atoms with van der Waals surface area (Å²) in [6.45, 7) is 1.55. The molecule has 0 N–H and O–H groups in total. The summed E-state index contributed by atoms with van der Waals surface area (Å²) in [6.07, 6.45) is 1.98. The minimum atomic E-state index is -0.0135. The van der Waals surface area contributed by atoms with Gasteiger partial charge in [-0.25, -0.2) is 0 Å². The third kappa shape index (κ3) is 3.19. The van der Waals surface area contributed by atoms with Gasteiger partial charge < -0.3 is 4.90 Å². The second kappa shape index (κ2) is 6.37. The monoisotopic (exact) mass is 305 g/mol. The predicted octanol–water partition coefficient (Wildman–Crippen LogP) is 2.82. The van der Waals surface area contributed by atoms with Crippen molar-refractivity contribution >= 4 is 29.0 Å². The van der Waals surface area contributed by atoms with Gasteiger partial charge in [0.15, 0.2) is 4.34 Å². The maximum absolute atomic E-state index is 12.5. The van der Waals surface area contributed by atoms with Crippen LogP contribution in [0, 0.1) is 0 Å². The maximum Gasteiger partial charge on any atom is 0.236 e. The molecule has 3 rings (SSSR count). The second-order valence-electron chi connectivity index (χ2n) is 4.70. The molecule has 1 aliphatic rings. The number of hydrogen-bond acceptors (Lipinski definition) is 5. The summed E-state index contributed by atoms with van der Waals surface area (Å²) in [5.74, 6) is 0.223. The number of carbonyl (C=O) groups is 1. The fraction of sp³-hybridized carbons (Fsp3) is 0.357. The molecule has 1 atom stereocenters. The van der Waals surface area contributed by atoms with E-state index in [-0.39, 0.29) is 11.2 Å². The molecule has 1 aromatic heterocycles. The third-order valence-corrected chi connectivity index (χ3v) is 5.35. The first-order valence-electron chi connectivity index (χ1n) is 6.58. The van der Waals surface area contributed by atoms with Crippen LogP contribution in [0.1, 0.15) is 18.4 Å². The molecular formula is C14H15N3OS2. The zero-order valence-electron chi connectivity index (χ0n) is 10.9. The highest BCUT2D eigenvalue weighted by molar-refractivity contribution is 8.02. The van der Waals surface area contributed by atoms with Crippen molar-refractivity contribution in [1.82, 2.24) is 15.1 Å². The number of amides is 1. The quantitative estimate of drug-likeness (QED) is 0.871. The van der Waals surface area contributed by atoms with Crippen LogP contribution in [0.25, 0.3) is 0 Å². The molecule has 0 radical (unpaired) electrons. The number of benzene rings is 1. The summed E-state index contributed by atoms with van der Waals surface area (Å²) >= 11 is 3.04. The van der Waals surface area contributed by atoms with Crippen molar-refractivity contribution in [3.05, 3.63) is 41.4 Å². The minimum absolute atomic E-state index is 0.0135. The topological polar surface area (TPSA) is 46.1 Å². The van der Waals surface area contributed by atoms with Crippen molar-refractivity contribution in [2.24, 2.45) is 0 Å². The lowest BCUT2D eigenvalue weighted by Gasteiger charge is -2.31. The Morgan fingerprint density at radius 1 is 1.35 bits per heavy atom. The van der Waals surface area contributed by atoms with Crippen molar-refractivity contribution in [3.63, 3.8) is 0 Å². The summed E-state index contributed by atoms with van der Waals surface area (Å²) in [5.41, 5.74) is 2.89. The van der Waals surface area contributed by atoms with E-state index in [0.717, 1.165) is 23.7 Å². The summed E-state index contributed by atoms with van der Waals surface area (Å²) < 4.78 is 0.880. The zero-order chi connectivity index (χ0) is 13.8. The van der Waals surface area contributed by atoms with Crippen LogP contribution in [-0.4, -0.2) is 32.8 Å². The Labute approximate surface area is 126 Å². The normalized spacial score (nSPS) is 19.3. The van der Waals surface area contributed by atoms with Gasteiger partial charge in [-0.15, -0.1) is 10.2 Å². The predicted molar refractivity (Wildman–Crippen MR) is 80.6 cm³/mol. The van der Waals surface area contributed by atoms with E-state index in [0.29, 0.717) is 6.54 Å². The molecule has 1 amide bonds. The fourth-order valence-electron chi connectivity index (χ4n) is 2.31. The van der Waals surface area contributed by atoms with Crippen molar-refractivity contribution in [3.8, 4) is 0 Å². The van der Waals surface area contributed by atoms with Gasteiger partial charge in [0, 0.05) is 13.1 Å². The van der Waals surface area contributed by atoms with Gasteiger partial charge in [-0.1, -0.05) is 53.4 Å². The van der Waals surface area contributed by atoms with Crippen LogP contribution in [0.5, 0.6) is 0 Å². The van der Waals surface area contributed by atoms with Crippen LogP contribution < -0.4 is 0 Å². The Kier molecular flexibility index (Phi) is 4.32. The Bertz CT molecular complexity index is 559. The highest BCUT2D eigenvalue weighted by Gasteiger charge is 2.30. The first kappa shape index (κ1) is 13.6. The lowest BCUT2D eigenvalue weighted by molar-refractivity contribution is -0.133. The van der Waals surface area contributed by atoms with Crippen molar-refractivity contribution in [1.29, 1.82) is 0 Å². The molecule has 104 valence electrons. The number of aromatic nitrogens is 2. The van der Waals surface area contributed by atoms with Crippen molar-refractivity contribution in [2.45, 2.75) is 29.0 Å². The highest BCUT2D eigenvalue weighted by Crippen LogP contribution is 2.31. The largest absolute Gasteiger partial charge is 0.337 e. The van der Waals surface area contributed by atoms with Crippen LogP contribution >= 0.6 is 23.1 Å². The summed E-state index contributed by atoms with van der Waals surface area (Å²) in [7, 11) is 0. The van der Waals surface area contributed by atoms with Crippen LogP contribution in [0.2, 0.25) is 0 Å². The molecule has 1 aliphatic heterocycles. The smallest absolute Gasteiger partial charge is 0.236 e. The number of likely N-dealkylation sites (tertiary alicyclic amines) is 1. The Morgan fingerprint density at radius 2 is 2.20 bits per heavy atom. The van der Waals surface area contributed by atoms with Gasteiger partial charge in [0.2, 0.25) is 5.91 Å². The van der Waals surface area contributed by atoms with Gasteiger partial charge >= 0.3 is 0 Å². The lowest BCUT2D eigenvalue weighted by Crippen LogP contribution is -2.42. The van der Waals surface area contributed by atoms with Crippen molar-refractivity contribution < 1.29 is 4.79 Å². The highest BCUT2D eigenvalue weighted by atomic mass is 32.2. The van der Waals surface area contributed by atoms with E-state index in [1.54, 1.807) is 17.3 Å². The van der Waals surface area contributed by atoms with Gasteiger partial charge in [0.05, 0.1) is 5.25 Å². The molecule has 20 heavy (non-hydrogen) atoms. The minimum Gasteiger partial charge on any atom is -0.337 e. The van der Waals surface area contributed by atoms with Gasteiger partial charge in [-0.05, 0) is 18.4 Å². The third-order valence-electron chi connectivity index (χ3n) is 3.28. The van der Waals surface area contributed by atoms with Gasteiger partial charge in [-0.2, -0.15) is 0 Å². The van der Waals surface area contributed by atoms with Crippen LogP contribution in [0.4, 0.5) is 0 Å². The Morgan fingerprint density at radius 3 is 2.95 bits per heavy atom. The molecule has 1 aromatic carbocycles. The number of nitrogens with zero attached hydrogens (tertiary/aromatic N) is 3. The lowest BCUT2D eigenvalue weighted by atomic mass is 10.1. The van der Waals surface area contributed by atoms with Gasteiger partial charge in [-0.3, -0.25) is 4.79 Å². The number of rotatable bonds is 4. The standard InChI is InChI=1S/C14H15N3OS2/c18-13-12(20-14-16-15-10-19-14)7-4-8-17(13)9-11-5-2-1-3-6-11/h1-3,5-6,10,12H,4,7-9H2/t12-/m0/s1. The van der Waals surface area contributed by atoms with Gasteiger partial charge in [0.1, 0.15) is 5.51 Å². The SMILES string of the molecule is O=C1[C@@H](Sc2nncs2)CCCN1Cc1ccccc1. The molecule has 4 nitrogen and oxygen atoms in total. The first-order chi connectivity index (χ1) is 9.83. The average Bonchev–Trinajstić information content (AvgIpc) is 2.97. The molecule has 6 heteroatoms. The molecule has 0 unspecified atom stereocenters. The number of thioether (sulfide) groups is 1. The van der Waals surface area contributed by atoms with E-state index in [4.69, 9.17) is 0 Å². The van der Waals surface area contributed by atoms with E-state index in [9.17, 15) is 4.79 Å². The van der Waals surface area contributed by atoms with Crippen LogP contribution in [0.3, 0.4) is 0 Å². The molecule has 2 heterocycles. The van der Waals surface area contributed by atoms with E-state index < -0.39 is 0 Å². The fourth-order valence-corrected chi connectivity index (χ4v) is 4.16. The Balaban J connectivity index is 1.66. The maximum atomic E-state index is 12.5. The molecule has 0 aliphatic carbocycles. The van der Waals surface area contributed by atoms with Crippen LogP contribution in [-0.2, 0) is 11.3 Å². The number of hydrogen-bond donors (Lipinski definition) is 0. The summed E-state index contributed by atoms with van der Waals surface area (Å²) in [4.78, 5) is 14.5. The Hall–Kier alpha value is -1.40. The molecule has 1 saturated heterocycles. The number of carbonyl (C=O) groups excluding carboxylic acids is 1. The van der Waals surface area contributed by atoms with Crippen molar-refractivity contribution in [2.75, 3.05) is 6.54 Å².